The number of hydrogen-bond donors (Lipinski definition) is 1. The molecule has 2 aromatic rings. The van der Waals surface area contributed by atoms with Crippen molar-refractivity contribution < 1.29 is 24.3 Å². The fraction of sp³-hybridized carbons (Fsp3) is 0.543. The zero-order chi connectivity index (χ0) is 32.5. The Morgan fingerprint density at radius 1 is 0.935 bits per heavy atom. The molecule has 6 rings (SSSR count). The zero-order valence-electron chi connectivity index (χ0n) is 26.8. The van der Waals surface area contributed by atoms with Crippen molar-refractivity contribution in [3.8, 4) is 0 Å². The molecule has 46 heavy (non-hydrogen) atoms. The Bertz CT molecular complexity index is 1490. The van der Waals surface area contributed by atoms with Crippen LogP contribution in [0.2, 0.25) is 5.02 Å². The van der Waals surface area contributed by atoms with Crippen molar-refractivity contribution in [2.75, 3.05) is 63.8 Å². The number of anilines is 1. The van der Waals surface area contributed by atoms with Crippen molar-refractivity contribution in [3.05, 3.63) is 63.7 Å². The van der Waals surface area contributed by atoms with Gasteiger partial charge >= 0.3 is 6.09 Å². The normalized spacial score (nSPS) is 21.7. The van der Waals surface area contributed by atoms with Crippen LogP contribution >= 0.6 is 11.6 Å². The number of fused-ring (bicyclic) bond motifs is 2. The summed E-state index contributed by atoms with van der Waals surface area (Å²) in [6, 6.07) is 11.5. The second-order valence-corrected chi connectivity index (χ2v) is 13.9. The molecule has 0 aliphatic carbocycles. The first-order chi connectivity index (χ1) is 22.1. The van der Waals surface area contributed by atoms with Crippen LogP contribution < -0.4 is 4.90 Å². The van der Waals surface area contributed by atoms with Crippen LogP contribution in [0, 0.1) is 24.7 Å². The predicted octanol–water partition coefficient (Wildman–Crippen LogP) is 4.37. The van der Waals surface area contributed by atoms with Gasteiger partial charge < -0.3 is 29.6 Å². The molecule has 4 amide bonds. The number of aryl methyl sites for hydroxylation is 1. The lowest BCUT2D eigenvalue weighted by molar-refractivity contribution is -0.133. The highest BCUT2D eigenvalue weighted by molar-refractivity contribution is 6.31. The minimum absolute atomic E-state index is 0.0571. The molecule has 0 spiro atoms. The topological polar surface area (TPSA) is 105 Å². The Labute approximate surface area is 275 Å². The van der Waals surface area contributed by atoms with Gasteiger partial charge in [0.25, 0.3) is 5.91 Å². The molecule has 4 aliphatic heterocycles. The number of carboxylic acid groups (broad SMARTS) is 1. The maximum atomic E-state index is 13.8. The molecule has 0 bridgehead atoms. The molecule has 1 N–H and O–H groups in total. The molecule has 2 atom stereocenters. The Morgan fingerprint density at radius 3 is 2.30 bits per heavy atom. The molecule has 0 radical (unpaired) electrons. The van der Waals surface area contributed by atoms with Crippen LogP contribution in [0.3, 0.4) is 0 Å². The van der Waals surface area contributed by atoms with Crippen molar-refractivity contribution in [2.45, 2.75) is 46.1 Å². The number of rotatable bonds is 7. The van der Waals surface area contributed by atoms with Crippen LogP contribution in [0.25, 0.3) is 0 Å². The first kappa shape index (κ1) is 32.3. The maximum absolute atomic E-state index is 13.8. The van der Waals surface area contributed by atoms with Gasteiger partial charge in [0, 0.05) is 88.0 Å². The number of carbonyl (C=O) groups is 4. The summed E-state index contributed by atoms with van der Waals surface area (Å²) in [7, 11) is 0. The van der Waals surface area contributed by atoms with Gasteiger partial charge in [-0.25, -0.2) is 4.79 Å². The fourth-order valence-corrected chi connectivity index (χ4v) is 7.99. The molecule has 4 heterocycles. The molecular formula is C35H44ClN5O5. The number of amides is 4. The Balaban J connectivity index is 1.04. The summed E-state index contributed by atoms with van der Waals surface area (Å²) < 4.78 is 0. The number of nitrogens with zero attached hydrogens (tertiary/aromatic N) is 5. The van der Waals surface area contributed by atoms with Crippen LogP contribution in [-0.4, -0.2) is 107 Å². The van der Waals surface area contributed by atoms with E-state index < -0.39 is 6.09 Å². The van der Waals surface area contributed by atoms with Gasteiger partial charge in [0.1, 0.15) is 0 Å². The van der Waals surface area contributed by atoms with Crippen LogP contribution in [-0.2, 0) is 22.6 Å². The average Bonchev–Trinajstić information content (AvgIpc) is 3.62. The monoisotopic (exact) mass is 649 g/mol. The number of carbonyl (C=O) groups excluding carboxylic acids is 3. The van der Waals surface area contributed by atoms with E-state index in [9.17, 15) is 24.3 Å². The van der Waals surface area contributed by atoms with E-state index in [1.165, 1.54) is 4.90 Å². The number of halogens is 1. The van der Waals surface area contributed by atoms with Crippen molar-refractivity contribution in [1.29, 1.82) is 0 Å². The van der Waals surface area contributed by atoms with Crippen molar-refractivity contribution >= 4 is 41.1 Å². The fourth-order valence-electron chi connectivity index (χ4n) is 7.81. The second-order valence-electron chi connectivity index (χ2n) is 13.4. The quantitative estimate of drug-likeness (QED) is 0.478. The van der Waals surface area contributed by atoms with E-state index in [4.69, 9.17) is 11.6 Å². The summed E-state index contributed by atoms with van der Waals surface area (Å²) in [6.45, 7) is 10.3. The standard InChI is InChI=1S/C35H44ClN5O5/c1-23-7-8-29(17-32(23)36)41(33(43)25-9-14-38(15-10-25)24(2)42)13-4-12-37-18-27-21-40(22-28(27)19-37)34(44)31-6-3-5-26-20-39(35(45)46)16-11-30(26)31/h3,5-8,17,25,27-28H,4,9-16,18-22H2,1-2H3,(H,45,46). The largest absolute Gasteiger partial charge is 0.465 e. The molecule has 0 saturated carbocycles. The zero-order valence-corrected chi connectivity index (χ0v) is 27.5. The van der Waals surface area contributed by atoms with E-state index in [-0.39, 0.29) is 23.6 Å². The third-order valence-electron chi connectivity index (χ3n) is 10.5. The van der Waals surface area contributed by atoms with Gasteiger partial charge in [-0.3, -0.25) is 14.4 Å². The number of hydrogen-bond acceptors (Lipinski definition) is 5. The summed E-state index contributed by atoms with van der Waals surface area (Å²) in [5.41, 5.74) is 4.42. The Hall–Kier alpha value is -3.63. The minimum atomic E-state index is -0.926. The number of benzene rings is 2. The third-order valence-corrected chi connectivity index (χ3v) is 10.9. The molecule has 0 aromatic heterocycles. The van der Waals surface area contributed by atoms with Crippen molar-refractivity contribution in [1.82, 2.24) is 19.6 Å². The molecule has 2 aromatic carbocycles. The highest BCUT2D eigenvalue weighted by Gasteiger charge is 2.42. The molecule has 246 valence electrons. The third kappa shape index (κ3) is 6.74. The first-order valence-corrected chi connectivity index (χ1v) is 16.9. The van der Waals surface area contributed by atoms with E-state index in [1.807, 2.05) is 58.0 Å². The summed E-state index contributed by atoms with van der Waals surface area (Å²) in [4.78, 5) is 60.3. The van der Waals surface area contributed by atoms with Gasteiger partial charge in [0.05, 0.1) is 0 Å². The van der Waals surface area contributed by atoms with E-state index in [2.05, 4.69) is 4.90 Å². The highest BCUT2D eigenvalue weighted by Crippen LogP contribution is 2.34. The lowest BCUT2D eigenvalue weighted by Crippen LogP contribution is -2.44. The van der Waals surface area contributed by atoms with Crippen molar-refractivity contribution in [3.63, 3.8) is 0 Å². The highest BCUT2D eigenvalue weighted by atomic mass is 35.5. The van der Waals surface area contributed by atoms with Gasteiger partial charge in [-0.2, -0.15) is 0 Å². The van der Waals surface area contributed by atoms with Gasteiger partial charge in [0.15, 0.2) is 0 Å². The lowest BCUT2D eigenvalue weighted by Gasteiger charge is -2.34. The SMILES string of the molecule is CC(=O)N1CCC(C(=O)N(CCCN2CC3CN(C(=O)c4cccc5c4CCN(C(=O)O)C5)CC3C2)c2ccc(C)c(Cl)c2)CC1. The minimum Gasteiger partial charge on any atom is -0.465 e. The second kappa shape index (κ2) is 13.6. The average molecular weight is 650 g/mol. The van der Waals surface area contributed by atoms with E-state index in [0.29, 0.717) is 74.4 Å². The molecular weight excluding hydrogens is 606 g/mol. The van der Waals surface area contributed by atoms with Crippen LogP contribution in [0.1, 0.15) is 53.2 Å². The van der Waals surface area contributed by atoms with Gasteiger partial charge in [0.2, 0.25) is 11.8 Å². The van der Waals surface area contributed by atoms with Crippen LogP contribution in [0.5, 0.6) is 0 Å². The molecule has 3 fully saturated rings. The van der Waals surface area contributed by atoms with Crippen LogP contribution in [0.15, 0.2) is 36.4 Å². The molecule has 10 nitrogen and oxygen atoms in total. The van der Waals surface area contributed by atoms with Gasteiger partial charge in [-0.1, -0.05) is 29.8 Å². The van der Waals surface area contributed by atoms with E-state index in [0.717, 1.165) is 61.5 Å². The van der Waals surface area contributed by atoms with Gasteiger partial charge in [-0.05, 0) is 85.9 Å². The molecule has 3 saturated heterocycles. The summed E-state index contributed by atoms with van der Waals surface area (Å²) in [6.07, 6.45) is 1.81. The summed E-state index contributed by atoms with van der Waals surface area (Å²) in [5.74, 6) is 0.953. The predicted molar refractivity (Wildman–Crippen MR) is 176 cm³/mol. The first-order valence-electron chi connectivity index (χ1n) is 16.5. The van der Waals surface area contributed by atoms with Crippen molar-refractivity contribution in [2.24, 2.45) is 17.8 Å². The smallest absolute Gasteiger partial charge is 0.407 e. The van der Waals surface area contributed by atoms with Crippen LogP contribution in [0.4, 0.5) is 10.5 Å². The summed E-state index contributed by atoms with van der Waals surface area (Å²) >= 11 is 6.48. The molecule has 2 unspecified atom stereocenters. The number of piperidine rings is 1. The summed E-state index contributed by atoms with van der Waals surface area (Å²) in [5, 5.41) is 10.0. The Kier molecular flexibility index (Phi) is 9.57. The Morgan fingerprint density at radius 2 is 1.65 bits per heavy atom. The molecule has 11 heteroatoms. The number of likely N-dealkylation sites (tertiary alicyclic amines) is 3. The lowest BCUT2D eigenvalue weighted by atomic mass is 9.94. The van der Waals surface area contributed by atoms with E-state index >= 15 is 0 Å². The van der Waals surface area contributed by atoms with Gasteiger partial charge in [-0.15, -0.1) is 0 Å². The van der Waals surface area contributed by atoms with E-state index in [1.54, 1.807) is 6.92 Å². The maximum Gasteiger partial charge on any atom is 0.407 e. The molecule has 4 aliphatic rings.